The summed E-state index contributed by atoms with van der Waals surface area (Å²) in [5.74, 6) is -0.468. The zero-order valence-corrected chi connectivity index (χ0v) is 20.8. The smallest absolute Gasteiger partial charge is 0.339 e. The van der Waals surface area contributed by atoms with Crippen molar-refractivity contribution in [2.24, 2.45) is 0 Å². The Balaban J connectivity index is 1.81. The Hall–Kier alpha value is -4.53. The van der Waals surface area contributed by atoms with Crippen LogP contribution >= 0.6 is 11.6 Å². The average molecular weight is 504 g/mol. The average Bonchev–Trinajstić information content (AvgIpc) is 3.41. The van der Waals surface area contributed by atoms with Gasteiger partial charge in [0.15, 0.2) is 0 Å². The molecule has 6 rings (SSSR count). The van der Waals surface area contributed by atoms with Crippen LogP contribution in [-0.4, -0.2) is 17.6 Å². The molecule has 4 aromatic carbocycles. The van der Waals surface area contributed by atoms with E-state index in [1.165, 1.54) is 5.01 Å². The minimum absolute atomic E-state index is 0.206. The second-order valence-electron chi connectivity index (χ2n) is 8.81. The Bertz CT molecular complexity index is 1540. The third-order valence-corrected chi connectivity index (χ3v) is 7.20. The molecule has 0 saturated heterocycles. The van der Waals surface area contributed by atoms with Crippen LogP contribution in [0.25, 0.3) is 16.8 Å². The Kier molecular flexibility index (Phi) is 5.48. The van der Waals surface area contributed by atoms with Crippen LogP contribution in [0.2, 0.25) is 5.02 Å². The third kappa shape index (κ3) is 3.20. The van der Waals surface area contributed by atoms with E-state index in [9.17, 15) is 10.1 Å². The fourth-order valence-corrected chi connectivity index (χ4v) is 5.77. The number of fused-ring (bicyclic) bond motifs is 5. The van der Waals surface area contributed by atoms with E-state index in [2.05, 4.69) is 18.3 Å². The van der Waals surface area contributed by atoms with Crippen molar-refractivity contribution in [2.75, 3.05) is 11.6 Å². The van der Waals surface area contributed by atoms with E-state index >= 15 is 0 Å². The molecule has 2 aliphatic rings. The van der Waals surface area contributed by atoms with Gasteiger partial charge in [-0.3, -0.25) is 5.01 Å². The summed E-state index contributed by atoms with van der Waals surface area (Å²) in [6.07, 6.45) is 2.38. The Morgan fingerprint density at radius 3 is 2.00 bits per heavy atom. The molecular weight excluding hydrogens is 482 g/mol. The van der Waals surface area contributed by atoms with Gasteiger partial charge in [-0.2, -0.15) is 10.3 Å². The highest BCUT2D eigenvalue weighted by atomic mass is 35.5. The number of hydrogen-bond acceptors (Lipinski definition) is 5. The molecule has 0 fully saturated rings. The molecule has 1 heterocycles. The normalized spacial score (nSPS) is 14.9. The maximum Gasteiger partial charge on any atom is 0.339 e. The van der Waals surface area contributed by atoms with Crippen molar-refractivity contribution in [1.82, 2.24) is 5.01 Å². The van der Waals surface area contributed by atoms with Crippen LogP contribution in [0.4, 0.5) is 5.69 Å². The van der Waals surface area contributed by atoms with Crippen molar-refractivity contribution in [3.63, 3.8) is 0 Å². The van der Waals surface area contributed by atoms with E-state index in [0.717, 1.165) is 27.8 Å². The fourth-order valence-electron chi connectivity index (χ4n) is 5.64. The molecule has 0 aromatic heterocycles. The van der Waals surface area contributed by atoms with Crippen LogP contribution in [0, 0.1) is 11.5 Å². The molecule has 0 bridgehead atoms. The molecule has 0 atom stereocenters. The number of hydrogen-bond donors (Lipinski definition) is 0. The molecular formula is C31H22ClN3O2. The fraction of sp³-hybridized carbons (Fsp3) is 0.0968. The lowest BCUT2D eigenvalue weighted by Gasteiger charge is -2.41. The molecule has 6 heteroatoms. The summed E-state index contributed by atoms with van der Waals surface area (Å²) in [5, 5.41) is 14.7. The van der Waals surface area contributed by atoms with Gasteiger partial charge < -0.3 is 4.74 Å². The lowest BCUT2D eigenvalue weighted by molar-refractivity contribution is -0.139. The van der Waals surface area contributed by atoms with E-state index in [1.807, 2.05) is 83.9 Å². The standard InChI is InChI=1S/C31H22ClN3O2/c1-2-37-30(36)28-29(21-10-4-3-5-11-21)34(20-33)35(23-18-16-22(32)17-19-23)31(28)26-14-8-6-12-24(26)25-13-7-9-15-27(25)31/h3-19H,2H2,1H3. The Morgan fingerprint density at radius 2 is 1.43 bits per heavy atom. The quantitative estimate of drug-likeness (QED) is 0.227. The summed E-state index contributed by atoms with van der Waals surface area (Å²) in [7, 11) is 0. The number of anilines is 1. The molecule has 0 saturated carbocycles. The number of benzene rings is 4. The van der Waals surface area contributed by atoms with Gasteiger partial charge in [-0.15, -0.1) is 0 Å². The van der Waals surface area contributed by atoms with Crippen LogP contribution in [0.3, 0.4) is 0 Å². The van der Waals surface area contributed by atoms with Crippen molar-refractivity contribution < 1.29 is 9.53 Å². The second kappa shape index (κ2) is 8.85. The highest BCUT2D eigenvalue weighted by Gasteiger charge is 2.61. The van der Waals surface area contributed by atoms with Crippen molar-refractivity contribution in [3.8, 4) is 17.3 Å². The largest absolute Gasteiger partial charge is 0.462 e. The maximum absolute atomic E-state index is 14.0. The third-order valence-electron chi connectivity index (χ3n) is 6.94. The lowest BCUT2D eigenvalue weighted by Crippen LogP contribution is -2.50. The van der Waals surface area contributed by atoms with Gasteiger partial charge in [-0.05, 0) is 53.4 Å². The lowest BCUT2D eigenvalue weighted by atomic mass is 9.79. The number of carbonyl (C=O) groups excluding carboxylic acids is 1. The molecule has 1 spiro atoms. The molecule has 5 nitrogen and oxygen atoms in total. The van der Waals surface area contributed by atoms with Gasteiger partial charge in [0.2, 0.25) is 6.19 Å². The minimum Gasteiger partial charge on any atom is -0.462 e. The topological polar surface area (TPSA) is 56.6 Å². The van der Waals surface area contributed by atoms with E-state index < -0.39 is 11.5 Å². The van der Waals surface area contributed by atoms with Gasteiger partial charge in [0.05, 0.1) is 18.0 Å². The number of carbonyl (C=O) groups is 1. The highest BCUT2D eigenvalue weighted by Crippen LogP contribution is 2.61. The van der Waals surface area contributed by atoms with Crippen molar-refractivity contribution in [1.29, 1.82) is 5.26 Å². The van der Waals surface area contributed by atoms with Crippen molar-refractivity contribution >= 4 is 29.0 Å². The molecule has 1 aliphatic heterocycles. The first-order valence-electron chi connectivity index (χ1n) is 12.0. The summed E-state index contributed by atoms with van der Waals surface area (Å²) < 4.78 is 5.71. The van der Waals surface area contributed by atoms with Crippen LogP contribution in [0.5, 0.6) is 0 Å². The van der Waals surface area contributed by atoms with E-state index in [1.54, 1.807) is 19.1 Å². The van der Waals surface area contributed by atoms with Crippen molar-refractivity contribution in [2.45, 2.75) is 12.5 Å². The van der Waals surface area contributed by atoms with Gasteiger partial charge in [0, 0.05) is 10.6 Å². The minimum atomic E-state index is -1.14. The van der Waals surface area contributed by atoms with Crippen LogP contribution < -0.4 is 5.01 Å². The first kappa shape index (κ1) is 22.9. The number of rotatable bonds is 4. The van der Waals surface area contributed by atoms with Crippen molar-refractivity contribution in [3.05, 3.63) is 130 Å². The summed E-state index contributed by atoms with van der Waals surface area (Å²) in [6, 6.07) is 32.9. The monoisotopic (exact) mass is 503 g/mol. The van der Waals surface area contributed by atoms with Gasteiger partial charge in [-0.1, -0.05) is 90.5 Å². The summed E-state index contributed by atoms with van der Waals surface area (Å²) in [5.41, 5.74) is 5.01. The number of hydrazine groups is 1. The number of ether oxygens (including phenoxy) is 1. The van der Waals surface area contributed by atoms with E-state index in [-0.39, 0.29) is 6.61 Å². The SMILES string of the molecule is CCOC(=O)C1=C(c2ccccc2)N(C#N)N(c2ccc(Cl)cc2)C12c1ccccc1-c1ccccc12. The summed E-state index contributed by atoms with van der Waals surface area (Å²) >= 11 is 6.27. The summed E-state index contributed by atoms with van der Waals surface area (Å²) in [4.78, 5) is 14.0. The molecule has 37 heavy (non-hydrogen) atoms. The molecule has 1 aliphatic carbocycles. The van der Waals surface area contributed by atoms with Gasteiger partial charge in [-0.25, -0.2) is 4.79 Å². The van der Waals surface area contributed by atoms with Gasteiger partial charge in [0.25, 0.3) is 0 Å². The molecule has 0 N–H and O–H groups in total. The van der Waals surface area contributed by atoms with Crippen LogP contribution in [-0.2, 0) is 15.1 Å². The maximum atomic E-state index is 14.0. The zero-order valence-electron chi connectivity index (χ0n) is 20.1. The predicted molar refractivity (Wildman–Crippen MR) is 144 cm³/mol. The first-order valence-corrected chi connectivity index (χ1v) is 12.4. The first-order chi connectivity index (χ1) is 18.1. The van der Waals surface area contributed by atoms with Gasteiger partial charge in [0.1, 0.15) is 11.1 Å². The number of nitriles is 1. The molecule has 0 radical (unpaired) electrons. The molecule has 4 aromatic rings. The highest BCUT2D eigenvalue weighted by molar-refractivity contribution is 6.30. The van der Waals surface area contributed by atoms with Crippen LogP contribution in [0.15, 0.2) is 109 Å². The molecule has 180 valence electrons. The number of nitrogens with zero attached hydrogens (tertiary/aromatic N) is 3. The number of esters is 1. The Morgan fingerprint density at radius 1 is 0.865 bits per heavy atom. The van der Waals surface area contributed by atoms with Crippen LogP contribution in [0.1, 0.15) is 23.6 Å². The second-order valence-corrected chi connectivity index (χ2v) is 9.25. The summed E-state index contributed by atoms with van der Waals surface area (Å²) in [6.45, 7) is 2.00. The van der Waals surface area contributed by atoms with E-state index in [4.69, 9.17) is 16.3 Å². The van der Waals surface area contributed by atoms with Gasteiger partial charge >= 0.3 is 5.97 Å². The zero-order chi connectivity index (χ0) is 25.6. The molecule has 0 unspecified atom stereocenters. The molecule has 0 amide bonds. The number of halogens is 1. The Labute approximate surface area is 220 Å². The predicted octanol–water partition coefficient (Wildman–Crippen LogP) is 6.76. The van der Waals surface area contributed by atoms with E-state index in [0.29, 0.717) is 22.0 Å².